The van der Waals surface area contributed by atoms with Crippen molar-refractivity contribution < 1.29 is 14.3 Å². The number of rotatable bonds is 3. The van der Waals surface area contributed by atoms with Gasteiger partial charge in [-0.05, 0) is 42.9 Å². The first kappa shape index (κ1) is 12.9. The highest BCUT2D eigenvalue weighted by atomic mass is 19.1. The Kier molecular flexibility index (Phi) is 3.55. The third kappa shape index (κ3) is 2.47. The molecule has 0 aromatic heterocycles. The second kappa shape index (κ2) is 4.96. The van der Waals surface area contributed by atoms with E-state index in [2.05, 4.69) is 19.2 Å². The van der Waals surface area contributed by atoms with E-state index in [0.29, 0.717) is 23.6 Å². The van der Waals surface area contributed by atoms with Crippen LogP contribution in [0.1, 0.15) is 37.0 Å². The van der Waals surface area contributed by atoms with Crippen molar-refractivity contribution in [2.45, 2.75) is 32.7 Å². The zero-order valence-corrected chi connectivity index (χ0v) is 10.6. The fourth-order valence-corrected chi connectivity index (χ4v) is 2.56. The van der Waals surface area contributed by atoms with Crippen molar-refractivity contribution in [3.63, 3.8) is 0 Å². The SMILES string of the molecule is CC1CCC(Nc2ccc(C(=O)O)c(F)c2)C1C. The molecule has 2 N–H and O–H groups in total. The summed E-state index contributed by atoms with van der Waals surface area (Å²) in [6.45, 7) is 4.41. The molecule has 0 saturated heterocycles. The maximum Gasteiger partial charge on any atom is 0.338 e. The maximum atomic E-state index is 13.5. The minimum Gasteiger partial charge on any atom is -0.478 e. The molecule has 1 saturated carbocycles. The molecule has 0 amide bonds. The highest BCUT2D eigenvalue weighted by molar-refractivity contribution is 5.88. The van der Waals surface area contributed by atoms with Gasteiger partial charge in [-0.1, -0.05) is 13.8 Å². The summed E-state index contributed by atoms with van der Waals surface area (Å²) in [7, 11) is 0. The summed E-state index contributed by atoms with van der Waals surface area (Å²) in [6.07, 6.45) is 2.25. The molecule has 3 atom stereocenters. The molecule has 98 valence electrons. The second-order valence-corrected chi connectivity index (χ2v) is 5.16. The summed E-state index contributed by atoms with van der Waals surface area (Å²) in [4.78, 5) is 10.7. The van der Waals surface area contributed by atoms with Crippen LogP contribution in [-0.4, -0.2) is 17.1 Å². The number of hydrogen-bond donors (Lipinski definition) is 2. The summed E-state index contributed by atoms with van der Waals surface area (Å²) >= 11 is 0. The first-order valence-corrected chi connectivity index (χ1v) is 6.28. The molecule has 4 heteroatoms. The van der Waals surface area contributed by atoms with Gasteiger partial charge in [-0.3, -0.25) is 0 Å². The van der Waals surface area contributed by atoms with Crippen LogP contribution in [-0.2, 0) is 0 Å². The molecular formula is C14H18FNO2. The number of carbonyl (C=O) groups is 1. The van der Waals surface area contributed by atoms with Crippen LogP contribution < -0.4 is 5.32 Å². The van der Waals surface area contributed by atoms with E-state index in [9.17, 15) is 9.18 Å². The van der Waals surface area contributed by atoms with E-state index in [1.807, 2.05) is 0 Å². The minimum atomic E-state index is -1.23. The fraction of sp³-hybridized carbons (Fsp3) is 0.500. The van der Waals surface area contributed by atoms with Crippen LogP contribution in [0.5, 0.6) is 0 Å². The van der Waals surface area contributed by atoms with Crippen molar-refractivity contribution in [1.82, 2.24) is 0 Å². The average molecular weight is 251 g/mol. The van der Waals surface area contributed by atoms with Crippen molar-refractivity contribution in [1.29, 1.82) is 0 Å². The van der Waals surface area contributed by atoms with E-state index in [0.717, 1.165) is 6.42 Å². The molecule has 0 spiro atoms. The molecule has 0 heterocycles. The van der Waals surface area contributed by atoms with Crippen LogP contribution in [0.2, 0.25) is 0 Å². The summed E-state index contributed by atoms with van der Waals surface area (Å²) in [6, 6.07) is 4.54. The molecule has 0 radical (unpaired) electrons. The lowest BCUT2D eigenvalue weighted by atomic mass is 9.97. The van der Waals surface area contributed by atoms with Gasteiger partial charge in [0.1, 0.15) is 5.82 Å². The Morgan fingerprint density at radius 2 is 2.11 bits per heavy atom. The van der Waals surface area contributed by atoms with Crippen molar-refractivity contribution in [2.75, 3.05) is 5.32 Å². The lowest BCUT2D eigenvalue weighted by Gasteiger charge is -2.21. The first-order valence-electron chi connectivity index (χ1n) is 6.28. The van der Waals surface area contributed by atoms with Crippen LogP contribution in [0.3, 0.4) is 0 Å². The summed E-state index contributed by atoms with van der Waals surface area (Å²) in [5, 5.41) is 12.1. The van der Waals surface area contributed by atoms with Gasteiger partial charge in [0, 0.05) is 11.7 Å². The highest BCUT2D eigenvalue weighted by Gasteiger charge is 2.29. The van der Waals surface area contributed by atoms with Gasteiger partial charge < -0.3 is 10.4 Å². The quantitative estimate of drug-likeness (QED) is 0.866. The summed E-state index contributed by atoms with van der Waals surface area (Å²) in [5.74, 6) is -0.703. The predicted octanol–water partition coefficient (Wildman–Crippen LogP) is 3.37. The van der Waals surface area contributed by atoms with E-state index in [-0.39, 0.29) is 5.56 Å². The van der Waals surface area contributed by atoms with Crippen LogP contribution in [0.25, 0.3) is 0 Å². The number of aromatic carboxylic acids is 1. The zero-order valence-electron chi connectivity index (χ0n) is 10.6. The average Bonchev–Trinajstić information content (AvgIpc) is 2.61. The normalized spacial score (nSPS) is 27.2. The Morgan fingerprint density at radius 1 is 1.39 bits per heavy atom. The molecule has 3 nitrogen and oxygen atoms in total. The molecule has 1 aliphatic carbocycles. The molecule has 1 fully saturated rings. The molecule has 0 aliphatic heterocycles. The van der Waals surface area contributed by atoms with E-state index in [1.165, 1.54) is 18.6 Å². The van der Waals surface area contributed by atoms with Gasteiger partial charge in [0.15, 0.2) is 0 Å². The van der Waals surface area contributed by atoms with Crippen molar-refractivity contribution >= 4 is 11.7 Å². The predicted molar refractivity (Wildman–Crippen MR) is 68.3 cm³/mol. The monoisotopic (exact) mass is 251 g/mol. The molecule has 2 rings (SSSR count). The van der Waals surface area contributed by atoms with E-state index < -0.39 is 11.8 Å². The molecule has 1 aliphatic rings. The van der Waals surface area contributed by atoms with E-state index >= 15 is 0 Å². The van der Waals surface area contributed by atoms with Gasteiger partial charge in [0.2, 0.25) is 0 Å². The smallest absolute Gasteiger partial charge is 0.338 e. The number of anilines is 1. The maximum absolute atomic E-state index is 13.5. The molecule has 0 bridgehead atoms. The van der Waals surface area contributed by atoms with Gasteiger partial charge in [0.25, 0.3) is 0 Å². The lowest BCUT2D eigenvalue weighted by molar-refractivity contribution is 0.0692. The first-order chi connectivity index (χ1) is 8.49. The molecular weight excluding hydrogens is 233 g/mol. The van der Waals surface area contributed by atoms with E-state index in [4.69, 9.17) is 5.11 Å². The Balaban J connectivity index is 2.11. The van der Waals surface area contributed by atoms with Crippen LogP contribution in [0, 0.1) is 17.7 Å². The topological polar surface area (TPSA) is 49.3 Å². The highest BCUT2D eigenvalue weighted by Crippen LogP contribution is 2.33. The van der Waals surface area contributed by atoms with Gasteiger partial charge in [-0.25, -0.2) is 9.18 Å². The van der Waals surface area contributed by atoms with Gasteiger partial charge in [-0.15, -0.1) is 0 Å². The number of benzene rings is 1. The van der Waals surface area contributed by atoms with Crippen LogP contribution in [0.15, 0.2) is 18.2 Å². The summed E-state index contributed by atoms with van der Waals surface area (Å²) in [5.41, 5.74) is 0.372. The Hall–Kier alpha value is -1.58. The molecule has 1 aromatic carbocycles. The van der Waals surface area contributed by atoms with Crippen LogP contribution >= 0.6 is 0 Å². The van der Waals surface area contributed by atoms with Crippen molar-refractivity contribution in [2.24, 2.45) is 11.8 Å². The zero-order chi connectivity index (χ0) is 13.3. The Bertz CT molecular complexity index is 461. The van der Waals surface area contributed by atoms with Gasteiger partial charge in [0.05, 0.1) is 5.56 Å². The Morgan fingerprint density at radius 3 is 2.61 bits per heavy atom. The van der Waals surface area contributed by atoms with Gasteiger partial charge in [-0.2, -0.15) is 0 Å². The Labute approximate surface area is 106 Å². The minimum absolute atomic E-state index is 0.284. The largest absolute Gasteiger partial charge is 0.478 e. The number of nitrogens with one attached hydrogen (secondary N) is 1. The van der Waals surface area contributed by atoms with Crippen LogP contribution in [0.4, 0.5) is 10.1 Å². The standard InChI is InChI=1S/C14H18FNO2/c1-8-3-6-13(9(8)2)16-10-4-5-11(14(17)18)12(15)7-10/h4-5,7-9,13,16H,3,6H2,1-2H3,(H,17,18). The number of halogens is 1. The third-order valence-electron chi connectivity index (χ3n) is 4.02. The number of hydrogen-bond acceptors (Lipinski definition) is 2. The van der Waals surface area contributed by atoms with E-state index in [1.54, 1.807) is 6.07 Å². The summed E-state index contributed by atoms with van der Waals surface area (Å²) < 4.78 is 13.5. The van der Waals surface area contributed by atoms with Crippen molar-refractivity contribution in [3.8, 4) is 0 Å². The number of carboxylic acids is 1. The lowest BCUT2D eigenvalue weighted by Crippen LogP contribution is -2.24. The molecule has 3 unspecified atom stereocenters. The van der Waals surface area contributed by atoms with Crippen molar-refractivity contribution in [3.05, 3.63) is 29.6 Å². The third-order valence-corrected chi connectivity index (χ3v) is 4.02. The number of carboxylic acid groups (broad SMARTS) is 1. The van der Waals surface area contributed by atoms with Gasteiger partial charge >= 0.3 is 5.97 Å². The molecule has 1 aromatic rings. The second-order valence-electron chi connectivity index (χ2n) is 5.16. The fourth-order valence-electron chi connectivity index (χ4n) is 2.56. The molecule has 18 heavy (non-hydrogen) atoms.